The predicted molar refractivity (Wildman–Crippen MR) is 123 cm³/mol. The Bertz CT molecular complexity index is 1110. The molecule has 4 aromatic rings. The van der Waals surface area contributed by atoms with Gasteiger partial charge in [0.25, 0.3) is 5.91 Å². The fourth-order valence-electron chi connectivity index (χ4n) is 3.10. The second kappa shape index (κ2) is 8.41. The van der Waals surface area contributed by atoms with Crippen molar-refractivity contribution in [3.05, 3.63) is 96.1 Å². The van der Waals surface area contributed by atoms with Gasteiger partial charge in [-0.05, 0) is 47.4 Å². The first-order valence-electron chi connectivity index (χ1n) is 9.64. The monoisotopic (exact) mass is 398 g/mol. The van der Waals surface area contributed by atoms with Gasteiger partial charge >= 0.3 is 0 Å². The molecule has 144 valence electrons. The SMILES string of the molecule is CC(C)c1ccc(N(C(=O)/C=C/c2ccccc2)c2nc3ccccc3s2)cc1. The van der Waals surface area contributed by atoms with Gasteiger partial charge in [0.15, 0.2) is 5.13 Å². The van der Waals surface area contributed by atoms with Gasteiger partial charge in [-0.2, -0.15) is 0 Å². The molecule has 0 aliphatic rings. The summed E-state index contributed by atoms with van der Waals surface area (Å²) in [4.78, 5) is 19.6. The Balaban J connectivity index is 1.73. The maximum absolute atomic E-state index is 13.2. The van der Waals surface area contributed by atoms with Crippen LogP contribution in [0.5, 0.6) is 0 Å². The molecule has 0 spiro atoms. The van der Waals surface area contributed by atoms with Crippen molar-refractivity contribution in [3.8, 4) is 0 Å². The van der Waals surface area contributed by atoms with E-state index in [-0.39, 0.29) is 5.91 Å². The van der Waals surface area contributed by atoms with Gasteiger partial charge in [-0.1, -0.05) is 79.8 Å². The summed E-state index contributed by atoms with van der Waals surface area (Å²) < 4.78 is 1.06. The van der Waals surface area contributed by atoms with Crippen molar-refractivity contribution in [2.45, 2.75) is 19.8 Å². The average Bonchev–Trinajstić information content (AvgIpc) is 3.17. The Morgan fingerprint density at radius 3 is 2.31 bits per heavy atom. The zero-order valence-corrected chi connectivity index (χ0v) is 17.3. The second-order valence-corrected chi connectivity index (χ2v) is 8.14. The van der Waals surface area contributed by atoms with E-state index in [2.05, 4.69) is 26.0 Å². The van der Waals surface area contributed by atoms with Crippen LogP contribution in [0.4, 0.5) is 10.8 Å². The van der Waals surface area contributed by atoms with Crippen LogP contribution < -0.4 is 4.90 Å². The first-order chi connectivity index (χ1) is 14.1. The lowest BCUT2D eigenvalue weighted by Gasteiger charge is -2.19. The maximum Gasteiger partial charge on any atom is 0.257 e. The van der Waals surface area contributed by atoms with Crippen LogP contribution >= 0.6 is 11.3 Å². The van der Waals surface area contributed by atoms with Gasteiger partial charge in [0.1, 0.15) is 0 Å². The van der Waals surface area contributed by atoms with Crippen LogP contribution in [0, 0.1) is 0 Å². The molecule has 0 aliphatic heterocycles. The van der Waals surface area contributed by atoms with E-state index >= 15 is 0 Å². The molecular formula is C25H22N2OS. The number of fused-ring (bicyclic) bond motifs is 1. The predicted octanol–water partition coefficient (Wildman–Crippen LogP) is 6.80. The number of para-hydroxylation sites is 1. The normalized spacial score (nSPS) is 11.4. The Kier molecular flexibility index (Phi) is 5.54. The van der Waals surface area contributed by atoms with E-state index < -0.39 is 0 Å². The van der Waals surface area contributed by atoms with E-state index in [0.29, 0.717) is 11.0 Å². The number of amides is 1. The third-order valence-electron chi connectivity index (χ3n) is 4.73. The summed E-state index contributed by atoms with van der Waals surface area (Å²) >= 11 is 1.52. The molecule has 0 atom stereocenters. The Hall–Kier alpha value is -3.24. The van der Waals surface area contributed by atoms with E-state index in [1.54, 1.807) is 11.0 Å². The van der Waals surface area contributed by atoms with E-state index in [4.69, 9.17) is 4.98 Å². The van der Waals surface area contributed by atoms with E-state index in [1.807, 2.05) is 72.8 Å². The number of carbonyl (C=O) groups excluding carboxylic acids is 1. The molecule has 4 rings (SSSR count). The first kappa shape index (κ1) is 19.1. The Morgan fingerprint density at radius 2 is 1.62 bits per heavy atom. The fourth-order valence-corrected chi connectivity index (χ4v) is 4.09. The molecule has 0 unspecified atom stereocenters. The van der Waals surface area contributed by atoms with Crippen LogP contribution in [0.2, 0.25) is 0 Å². The Labute approximate surface area is 175 Å². The van der Waals surface area contributed by atoms with Crippen molar-refractivity contribution in [2.75, 3.05) is 4.90 Å². The highest BCUT2D eigenvalue weighted by Gasteiger charge is 2.20. The van der Waals surface area contributed by atoms with E-state index in [0.717, 1.165) is 21.5 Å². The van der Waals surface area contributed by atoms with Crippen LogP contribution in [0.25, 0.3) is 16.3 Å². The number of thiazole rings is 1. The molecule has 1 aromatic heterocycles. The molecule has 1 heterocycles. The smallest absolute Gasteiger partial charge is 0.257 e. The third-order valence-corrected chi connectivity index (χ3v) is 5.75. The number of benzene rings is 3. The van der Waals surface area contributed by atoms with Crippen molar-refractivity contribution < 1.29 is 4.79 Å². The van der Waals surface area contributed by atoms with Gasteiger partial charge < -0.3 is 0 Å². The molecule has 0 bridgehead atoms. The summed E-state index contributed by atoms with van der Waals surface area (Å²) in [7, 11) is 0. The molecule has 29 heavy (non-hydrogen) atoms. The summed E-state index contributed by atoms with van der Waals surface area (Å²) in [6.45, 7) is 4.32. The quantitative estimate of drug-likeness (QED) is 0.346. The average molecular weight is 399 g/mol. The van der Waals surface area contributed by atoms with Crippen molar-refractivity contribution in [3.63, 3.8) is 0 Å². The van der Waals surface area contributed by atoms with Crippen LogP contribution in [0.15, 0.2) is 84.9 Å². The standard InChI is InChI=1S/C25H22N2OS/c1-18(2)20-13-15-21(16-14-20)27(24(28)17-12-19-8-4-3-5-9-19)25-26-22-10-6-7-11-23(22)29-25/h3-18H,1-2H3/b17-12+. The topological polar surface area (TPSA) is 33.2 Å². The van der Waals surface area contributed by atoms with Crippen molar-refractivity contribution in [2.24, 2.45) is 0 Å². The van der Waals surface area contributed by atoms with Crippen LogP contribution in [0.1, 0.15) is 30.9 Å². The zero-order chi connectivity index (χ0) is 20.2. The lowest BCUT2D eigenvalue weighted by Crippen LogP contribution is -2.23. The molecule has 0 radical (unpaired) electrons. The minimum Gasteiger partial charge on any atom is -0.269 e. The van der Waals surface area contributed by atoms with Gasteiger partial charge in [0.2, 0.25) is 0 Å². The number of hydrogen-bond donors (Lipinski definition) is 0. The number of nitrogens with zero attached hydrogens (tertiary/aromatic N) is 2. The second-order valence-electron chi connectivity index (χ2n) is 7.13. The van der Waals surface area contributed by atoms with Crippen LogP contribution in [-0.2, 0) is 4.79 Å². The fraction of sp³-hybridized carbons (Fsp3) is 0.120. The molecule has 0 saturated carbocycles. The summed E-state index contributed by atoms with van der Waals surface area (Å²) in [5.41, 5.74) is 3.94. The van der Waals surface area contributed by atoms with Crippen molar-refractivity contribution in [1.29, 1.82) is 0 Å². The van der Waals surface area contributed by atoms with Crippen molar-refractivity contribution >= 4 is 44.4 Å². The largest absolute Gasteiger partial charge is 0.269 e. The van der Waals surface area contributed by atoms with Crippen LogP contribution in [-0.4, -0.2) is 10.9 Å². The van der Waals surface area contributed by atoms with Gasteiger partial charge in [-0.3, -0.25) is 9.69 Å². The lowest BCUT2D eigenvalue weighted by atomic mass is 10.0. The summed E-state index contributed by atoms with van der Waals surface area (Å²) in [6.07, 6.45) is 3.45. The molecule has 0 aliphatic carbocycles. The summed E-state index contributed by atoms with van der Waals surface area (Å²) in [5, 5.41) is 0.672. The molecule has 3 nitrogen and oxygen atoms in total. The number of anilines is 2. The number of carbonyl (C=O) groups is 1. The molecule has 0 fully saturated rings. The molecular weight excluding hydrogens is 376 g/mol. The zero-order valence-electron chi connectivity index (χ0n) is 16.4. The number of hydrogen-bond acceptors (Lipinski definition) is 3. The number of aromatic nitrogens is 1. The third kappa shape index (κ3) is 4.28. The lowest BCUT2D eigenvalue weighted by molar-refractivity contribution is -0.113. The van der Waals surface area contributed by atoms with Crippen LogP contribution in [0.3, 0.4) is 0 Å². The number of rotatable bonds is 5. The maximum atomic E-state index is 13.2. The van der Waals surface area contributed by atoms with Gasteiger partial charge in [-0.15, -0.1) is 0 Å². The molecule has 1 amide bonds. The van der Waals surface area contributed by atoms with Gasteiger partial charge in [0.05, 0.1) is 15.9 Å². The highest BCUT2D eigenvalue weighted by molar-refractivity contribution is 7.22. The minimum atomic E-state index is -0.120. The first-order valence-corrected chi connectivity index (χ1v) is 10.5. The molecule has 4 heteroatoms. The van der Waals surface area contributed by atoms with E-state index in [1.165, 1.54) is 16.9 Å². The van der Waals surface area contributed by atoms with Crippen molar-refractivity contribution in [1.82, 2.24) is 4.98 Å². The minimum absolute atomic E-state index is 0.120. The molecule has 0 saturated heterocycles. The highest BCUT2D eigenvalue weighted by atomic mass is 32.1. The van der Waals surface area contributed by atoms with Gasteiger partial charge in [-0.25, -0.2) is 4.98 Å². The molecule has 0 N–H and O–H groups in total. The molecule has 3 aromatic carbocycles. The van der Waals surface area contributed by atoms with Gasteiger partial charge in [0, 0.05) is 6.08 Å². The summed E-state index contributed by atoms with van der Waals surface area (Å²) in [6, 6.07) is 25.9. The van der Waals surface area contributed by atoms with E-state index in [9.17, 15) is 4.79 Å². The Morgan fingerprint density at radius 1 is 0.931 bits per heavy atom. The highest BCUT2D eigenvalue weighted by Crippen LogP contribution is 2.34. The summed E-state index contributed by atoms with van der Waals surface area (Å²) in [5.74, 6) is 0.318.